The first-order chi connectivity index (χ1) is 8.65. The molecular formula is C14H13ClN2O. The molecule has 1 aromatic heterocycles. The van der Waals surface area contributed by atoms with Gasteiger partial charge in [0.2, 0.25) is 0 Å². The van der Waals surface area contributed by atoms with Crippen LogP contribution in [0.15, 0.2) is 47.3 Å². The second-order valence-electron chi connectivity index (χ2n) is 3.95. The van der Waals surface area contributed by atoms with Crippen LogP contribution in [0.4, 0.5) is 0 Å². The monoisotopic (exact) mass is 260 g/mol. The lowest BCUT2D eigenvalue weighted by Gasteiger charge is -2.00. The Bertz CT molecular complexity index is 614. The second-order valence-corrected chi connectivity index (χ2v) is 4.39. The molecule has 0 unspecified atom stereocenters. The largest absolute Gasteiger partial charge is 0.268 e. The summed E-state index contributed by atoms with van der Waals surface area (Å²) < 4.78 is 1.43. The lowest BCUT2D eigenvalue weighted by Crippen LogP contribution is -2.21. The van der Waals surface area contributed by atoms with E-state index in [1.165, 1.54) is 10.7 Å². The molecule has 4 heteroatoms. The highest BCUT2D eigenvalue weighted by molar-refractivity contribution is 6.30. The molecule has 0 fully saturated rings. The summed E-state index contributed by atoms with van der Waals surface area (Å²) in [5, 5.41) is 4.86. The second kappa shape index (κ2) is 5.65. The van der Waals surface area contributed by atoms with Crippen molar-refractivity contribution in [1.29, 1.82) is 0 Å². The fraction of sp³-hybridized carbons (Fsp3) is 0.143. The molecule has 18 heavy (non-hydrogen) atoms. The highest BCUT2D eigenvalue weighted by Gasteiger charge is 1.94. The maximum atomic E-state index is 11.5. The van der Waals surface area contributed by atoms with Crippen molar-refractivity contribution in [2.24, 2.45) is 0 Å². The average Bonchev–Trinajstić information content (AvgIpc) is 2.36. The highest BCUT2D eigenvalue weighted by atomic mass is 35.5. The van der Waals surface area contributed by atoms with Crippen LogP contribution in [-0.4, -0.2) is 9.78 Å². The van der Waals surface area contributed by atoms with E-state index in [0.29, 0.717) is 11.6 Å². The van der Waals surface area contributed by atoms with Gasteiger partial charge >= 0.3 is 0 Å². The first-order valence-corrected chi connectivity index (χ1v) is 6.00. The molecule has 0 saturated carbocycles. The number of allylic oxidation sites excluding steroid dienone is 1. The molecule has 3 nitrogen and oxygen atoms in total. The number of nitrogens with zero attached hydrogens (tertiary/aromatic N) is 2. The van der Waals surface area contributed by atoms with E-state index in [-0.39, 0.29) is 5.56 Å². The molecule has 0 bridgehead atoms. The van der Waals surface area contributed by atoms with Crippen molar-refractivity contribution in [2.45, 2.75) is 13.5 Å². The lowest BCUT2D eigenvalue weighted by molar-refractivity contribution is 0.641. The van der Waals surface area contributed by atoms with Gasteiger partial charge in [-0.15, -0.1) is 0 Å². The zero-order valence-corrected chi connectivity index (χ0v) is 10.8. The summed E-state index contributed by atoms with van der Waals surface area (Å²) in [6.45, 7) is 2.32. The van der Waals surface area contributed by atoms with Crippen molar-refractivity contribution in [3.05, 3.63) is 69.1 Å². The minimum atomic E-state index is -0.0960. The number of rotatable bonds is 3. The van der Waals surface area contributed by atoms with Gasteiger partial charge in [-0.2, -0.15) is 5.10 Å². The van der Waals surface area contributed by atoms with E-state index in [9.17, 15) is 4.79 Å². The molecule has 2 rings (SSSR count). The van der Waals surface area contributed by atoms with Crippen LogP contribution in [-0.2, 0) is 6.54 Å². The summed E-state index contributed by atoms with van der Waals surface area (Å²) in [6.07, 6.45) is 3.84. The number of hydrogen-bond acceptors (Lipinski definition) is 2. The van der Waals surface area contributed by atoms with Gasteiger partial charge in [-0.25, -0.2) is 4.68 Å². The van der Waals surface area contributed by atoms with Crippen LogP contribution in [0.3, 0.4) is 0 Å². The van der Waals surface area contributed by atoms with E-state index < -0.39 is 0 Å². The predicted octanol–water partition coefficient (Wildman–Crippen LogP) is 2.92. The zero-order valence-electron chi connectivity index (χ0n) is 10.0. The van der Waals surface area contributed by atoms with Crippen molar-refractivity contribution < 1.29 is 0 Å². The Morgan fingerprint density at radius 1 is 1.22 bits per heavy atom. The smallest absolute Gasteiger partial charge is 0.267 e. The molecule has 0 spiro atoms. The van der Waals surface area contributed by atoms with E-state index in [0.717, 1.165) is 11.3 Å². The minimum Gasteiger partial charge on any atom is -0.268 e. The summed E-state index contributed by atoms with van der Waals surface area (Å²) >= 11 is 5.80. The number of aryl methyl sites for hydroxylation is 1. The van der Waals surface area contributed by atoms with Gasteiger partial charge in [-0.05, 0) is 30.7 Å². The van der Waals surface area contributed by atoms with Crippen LogP contribution in [0.2, 0.25) is 5.02 Å². The number of halogens is 1. The van der Waals surface area contributed by atoms with Gasteiger partial charge < -0.3 is 0 Å². The molecule has 0 aliphatic heterocycles. The number of benzene rings is 1. The third-order valence-corrected chi connectivity index (χ3v) is 2.71. The lowest BCUT2D eigenvalue weighted by atomic mass is 10.2. The minimum absolute atomic E-state index is 0.0960. The zero-order chi connectivity index (χ0) is 13.0. The molecule has 0 amide bonds. The van der Waals surface area contributed by atoms with Crippen LogP contribution in [0.5, 0.6) is 0 Å². The van der Waals surface area contributed by atoms with Crippen molar-refractivity contribution in [3.8, 4) is 0 Å². The summed E-state index contributed by atoms with van der Waals surface area (Å²) in [5.74, 6) is 0. The number of aromatic nitrogens is 2. The molecule has 0 saturated heterocycles. The summed E-state index contributed by atoms with van der Waals surface area (Å²) in [4.78, 5) is 11.5. The highest BCUT2D eigenvalue weighted by Crippen LogP contribution is 2.10. The summed E-state index contributed by atoms with van der Waals surface area (Å²) in [5.41, 5.74) is 1.77. The summed E-state index contributed by atoms with van der Waals surface area (Å²) in [6, 6.07) is 10.7. The first kappa shape index (κ1) is 12.6. The molecule has 0 atom stereocenters. The predicted molar refractivity (Wildman–Crippen MR) is 73.7 cm³/mol. The standard InChI is InChI=1S/C14H13ClN2O/c1-11-4-9-14(18)17(16-11)10-2-3-12-5-7-13(15)8-6-12/h2-9H,10H2,1H3/b3-2+. The van der Waals surface area contributed by atoms with E-state index in [4.69, 9.17) is 11.6 Å². The number of hydrogen-bond donors (Lipinski definition) is 0. The molecule has 92 valence electrons. The van der Waals surface area contributed by atoms with Gasteiger partial charge in [-0.1, -0.05) is 35.9 Å². The molecule has 0 N–H and O–H groups in total. The van der Waals surface area contributed by atoms with Gasteiger partial charge in [0.25, 0.3) is 5.56 Å². The topological polar surface area (TPSA) is 34.9 Å². The fourth-order valence-corrected chi connectivity index (χ4v) is 1.67. The van der Waals surface area contributed by atoms with Gasteiger partial charge in [0.05, 0.1) is 12.2 Å². The quantitative estimate of drug-likeness (QED) is 0.851. The first-order valence-electron chi connectivity index (χ1n) is 5.62. The van der Waals surface area contributed by atoms with Crippen LogP contribution in [0.1, 0.15) is 11.3 Å². The maximum Gasteiger partial charge on any atom is 0.267 e. The third-order valence-electron chi connectivity index (χ3n) is 2.46. The Labute approximate surface area is 110 Å². The Balaban J connectivity index is 2.09. The average molecular weight is 261 g/mol. The SMILES string of the molecule is Cc1ccc(=O)n(C/C=C/c2ccc(Cl)cc2)n1. The Kier molecular flexibility index (Phi) is 3.95. The fourth-order valence-electron chi connectivity index (χ4n) is 1.54. The van der Waals surface area contributed by atoms with Crippen molar-refractivity contribution in [2.75, 3.05) is 0 Å². The van der Waals surface area contributed by atoms with Crippen molar-refractivity contribution in [3.63, 3.8) is 0 Å². The van der Waals surface area contributed by atoms with Gasteiger partial charge in [0.1, 0.15) is 0 Å². The molecule has 0 radical (unpaired) electrons. The van der Waals surface area contributed by atoms with Crippen LogP contribution in [0.25, 0.3) is 6.08 Å². The van der Waals surface area contributed by atoms with Crippen LogP contribution in [0, 0.1) is 6.92 Å². The van der Waals surface area contributed by atoms with Gasteiger partial charge in [0.15, 0.2) is 0 Å². The normalized spacial score (nSPS) is 11.0. The Morgan fingerprint density at radius 3 is 2.67 bits per heavy atom. The van der Waals surface area contributed by atoms with E-state index in [2.05, 4.69) is 5.10 Å². The van der Waals surface area contributed by atoms with E-state index in [1.807, 2.05) is 43.3 Å². The molecule has 1 aromatic carbocycles. The molecule has 0 aliphatic carbocycles. The Hall–Kier alpha value is -1.87. The van der Waals surface area contributed by atoms with Crippen molar-refractivity contribution >= 4 is 17.7 Å². The van der Waals surface area contributed by atoms with Gasteiger partial charge in [-0.3, -0.25) is 4.79 Å². The van der Waals surface area contributed by atoms with E-state index >= 15 is 0 Å². The third kappa shape index (κ3) is 3.31. The Morgan fingerprint density at radius 2 is 1.94 bits per heavy atom. The van der Waals surface area contributed by atoms with Crippen molar-refractivity contribution in [1.82, 2.24) is 9.78 Å². The van der Waals surface area contributed by atoms with E-state index in [1.54, 1.807) is 6.07 Å². The molecular weight excluding hydrogens is 248 g/mol. The molecule has 0 aliphatic rings. The molecule has 2 aromatic rings. The molecule has 1 heterocycles. The summed E-state index contributed by atoms with van der Waals surface area (Å²) in [7, 11) is 0. The maximum absolute atomic E-state index is 11.5. The van der Waals surface area contributed by atoms with Crippen LogP contribution < -0.4 is 5.56 Å². The van der Waals surface area contributed by atoms with Crippen LogP contribution >= 0.6 is 11.6 Å². The van der Waals surface area contributed by atoms with Gasteiger partial charge in [0, 0.05) is 11.1 Å².